The minimum absolute atomic E-state index is 0.0748. The maximum atomic E-state index is 13.6. The summed E-state index contributed by atoms with van der Waals surface area (Å²) >= 11 is 0. The number of anilines is 2. The van der Waals surface area contributed by atoms with Crippen LogP contribution in [0, 0.1) is 10.9 Å². The average Bonchev–Trinajstić information content (AvgIpc) is 3.36. The third kappa shape index (κ3) is 4.58. The summed E-state index contributed by atoms with van der Waals surface area (Å²) < 4.78 is 5.47. The van der Waals surface area contributed by atoms with Gasteiger partial charge in [-0.15, -0.1) is 0 Å². The quantitative estimate of drug-likeness (QED) is 0.347. The van der Waals surface area contributed by atoms with Crippen molar-refractivity contribution < 1.29 is 9.53 Å². The van der Waals surface area contributed by atoms with Crippen LogP contribution in [0.2, 0.25) is 0 Å². The van der Waals surface area contributed by atoms with Crippen LogP contribution in [0.3, 0.4) is 0 Å². The van der Waals surface area contributed by atoms with E-state index in [4.69, 9.17) is 15.7 Å². The Hall–Kier alpha value is -4.32. The van der Waals surface area contributed by atoms with E-state index in [2.05, 4.69) is 30.6 Å². The molecule has 1 fully saturated rings. The lowest BCUT2D eigenvalue weighted by Gasteiger charge is -2.39. The number of morpholine rings is 1. The number of guanidine groups is 1. The third-order valence-electron chi connectivity index (χ3n) is 7.15. The lowest BCUT2D eigenvalue weighted by molar-refractivity contribution is -0.113. The Kier molecular flexibility index (Phi) is 7.05. The Bertz CT molecular complexity index is 1410. The Balaban J connectivity index is 1.45. The van der Waals surface area contributed by atoms with Crippen molar-refractivity contribution in [1.29, 1.82) is 10.9 Å². The molecule has 1 amide bonds. The molecule has 1 atom stereocenters. The van der Waals surface area contributed by atoms with E-state index in [9.17, 15) is 4.79 Å². The zero-order valence-electron chi connectivity index (χ0n) is 21.8. The first-order chi connectivity index (χ1) is 18.4. The molecule has 38 heavy (non-hydrogen) atoms. The van der Waals surface area contributed by atoms with Gasteiger partial charge < -0.3 is 19.9 Å². The molecule has 5 rings (SSSR count). The molecular formula is C26H32N10O2. The van der Waals surface area contributed by atoms with E-state index in [1.807, 2.05) is 44.2 Å². The predicted molar refractivity (Wildman–Crippen MR) is 145 cm³/mol. The second kappa shape index (κ2) is 10.6. The van der Waals surface area contributed by atoms with Crippen LogP contribution in [-0.2, 0) is 9.53 Å². The van der Waals surface area contributed by atoms with Crippen LogP contribution in [0.1, 0.15) is 26.7 Å². The number of allylic oxidation sites excluding steroid dienone is 1. The fourth-order valence-electron chi connectivity index (χ4n) is 5.02. The van der Waals surface area contributed by atoms with Gasteiger partial charge in [0.05, 0.1) is 30.3 Å². The molecule has 12 nitrogen and oxygen atoms in total. The molecule has 2 aromatic heterocycles. The van der Waals surface area contributed by atoms with Crippen molar-refractivity contribution in [2.45, 2.75) is 32.7 Å². The molecule has 0 bridgehead atoms. The first kappa shape index (κ1) is 25.3. The molecule has 2 aliphatic rings. The number of aromatic nitrogens is 3. The van der Waals surface area contributed by atoms with Crippen LogP contribution in [0.15, 0.2) is 53.0 Å². The summed E-state index contributed by atoms with van der Waals surface area (Å²) in [7, 11) is 1.70. The number of nitrogens with zero attached hydrogens (tertiary/aromatic N) is 6. The summed E-state index contributed by atoms with van der Waals surface area (Å²) in [6.07, 6.45) is 3.16. The summed E-state index contributed by atoms with van der Waals surface area (Å²) in [6, 6.07) is 9.11. The number of aromatic amines is 1. The molecule has 2 aliphatic heterocycles. The summed E-state index contributed by atoms with van der Waals surface area (Å²) in [4.78, 5) is 21.9. The zero-order valence-corrected chi connectivity index (χ0v) is 21.8. The minimum Gasteiger partial charge on any atom is -0.378 e. The van der Waals surface area contributed by atoms with Crippen LogP contribution in [0.5, 0.6) is 0 Å². The summed E-state index contributed by atoms with van der Waals surface area (Å²) in [5, 5.41) is 24.7. The largest absolute Gasteiger partial charge is 0.378 e. The van der Waals surface area contributed by atoms with Gasteiger partial charge in [-0.2, -0.15) is 10.6 Å². The predicted octanol–water partition coefficient (Wildman–Crippen LogP) is 3.97. The van der Waals surface area contributed by atoms with Crippen LogP contribution in [0.25, 0.3) is 22.2 Å². The Morgan fingerprint density at radius 2 is 2.05 bits per heavy atom. The summed E-state index contributed by atoms with van der Waals surface area (Å²) in [5.41, 5.74) is 12.0. The number of benzene rings is 1. The first-order valence-electron chi connectivity index (χ1n) is 12.7. The fourth-order valence-corrected chi connectivity index (χ4v) is 5.02. The minimum atomic E-state index is -0.482. The molecule has 0 saturated carbocycles. The van der Waals surface area contributed by atoms with Gasteiger partial charge in [0.2, 0.25) is 5.96 Å². The maximum Gasteiger partial charge on any atom is 0.255 e. The van der Waals surface area contributed by atoms with Crippen molar-refractivity contribution in [3.05, 3.63) is 47.8 Å². The highest BCUT2D eigenvalue weighted by atomic mass is 16.5. The van der Waals surface area contributed by atoms with Gasteiger partial charge >= 0.3 is 0 Å². The Morgan fingerprint density at radius 1 is 1.26 bits per heavy atom. The monoisotopic (exact) mass is 516 g/mol. The van der Waals surface area contributed by atoms with Gasteiger partial charge in [0.1, 0.15) is 11.5 Å². The number of ether oxygens (including phenoxy) is 1. The van der Waals surface area contributed by atoms with Crippen molar-refractivity contribution in [2.75, 3.05) is 43.6 Å². The van der Waals surface area contributed by atoms with Gasteiger partial charge in [-0.05, 0) is 43.7 Å². The lowest BCUT2D eigenvalue weighted by Crippen LogP contribution is -2.51. The smallest absolute Gasteiger partial charge is 0.255 e. The maximum absolute atomic E-state index is 13.6. The van der Waals surface area contributed by atoms with E-state index < -0.39 is 6.04 Å². The summed E-state index contributed by atoms with van der Waals surface area (Å²) in [6.45, 7) is 6.77. The van der Waals surface area contributed by atoms with E-state index in [1.54, 1.807) is 18.1 Å². The number of nitrogens with one attached hydrogen (secondary N) is 4. The number of carbonyl (C=O) groups excluding carboxylic acids is 1. The van der Waals surface area contributed by atoms with E-state index in [1.165, 1.54) is 5.01 Å². The van der Waals surface area contributed by atoms with Crippen molar-refractivity contribution in [1.82, 2.24) is 25.1 Å². The van der Waals surface area contributed by atoms with E-state index in [0.717, 1.165) is 47.5 Å². The van der Waals surface area contributed by atoms with Crippen LogP contribution >= 0.6 is 0 Å². The van der Waals surface area contributed by atoms with Gasteiger partial charge in [0, 0.05) is 48.7 Å². The highest BCUT2D eigenvalue weighted by Gasteiger charge is 2.37. The molecule has 0 spiro atoms. The van der Waals surface area contributed by atoms with Crippen molar-refractivity contribution in [3.63, 3.8) is 0 Å². The Morgan fingerprint density at radius 3 is 2.79 bits per heavy atom. The fraction of sp³-hybridized carbons (Fsp3) is 0.385. The van der Waals surface area contributed by atoms with Crippen LogP contribution in [0.4, 0.5) is 11.5 Å². The number of hydrogen-bond donors (Lipinski definition) is 4. The molecule has 12 heteroatoms. The molecule has 4 heterocycles. The van der Waals surface area contributed by atoms with E-state index in [0.29, 0.717) is 36.6 Å². The van der Waals surface area contributed by atoms with Gasteiger partial charge in [0.15, 0.2) is 0 Å². The van der Waals surface area contributed by atoms with Gasteiger partial charge in [0.25, 0.3) is 5.91 Å². The Labute approximate surface area is 220 Å². The molecule has 0 radical (unpaired) electrons. The standard InChI is InChI=1S/C26H32N10O2/c1-4-5-21-23(16(2)34(3)26(27)36(21)33-28)25(37)30-18-6-7-20-19(15-18)24(32-31-20)17-8-9-29-22(14-17)35-10-12-38-13-11-35/h6-9,14-15,21,27-28H,4-5,10-13H2,1-3H3,(H,30,37)(H,31,32). The number of amides is 1. The molecule has 198 valence electrons. The van der Waals surface area contributed by atoms with E-state index in [-0.39, 0.29) is 11.9 Å². The average molecular weight is 517 g/mol. The summed E-state index contributed by atoms with van der Waals surface area (Å²) in [5.74, 6) is 0.676. The number of rotatable bonds is 7. The van der Waals surface area contributed by atoms with Crippen molar-refractivity contribution in [2.24, 2.45) is 5.22 Å². The van der Waals surface area contributed by atoms with Gasteiger partial charge in [-0.1, -0.05) is 18.6 Å². The molecular weight excluding hydrogens is 484 g/mol. The number of H-pyrrole nitrogens is 1. The molecule has 3 aromatic rings. The normalized spacial score (nSPS) is 18.3. The number of fused-ring (bicyclic) bond motifs is 1. The van der Waals surface area contributed by atoms with Crippen molar-refractivity contribution >= 4 is 34.3 Å². The number of carbonyl (C=O) groups is 1. The van der Waals surface area contributed by atoms with Crippen LogP contribution in [-0.4, -0.2) is 76.3 Å². The number of pyridine rings is 1. The second-order valence-corrected chi connectivity index (χ2v) is 9.42. The molecule has 1 saturated heterocycles. The molecule has 1 aromatic carbocycles. The highest BCUT2D eigenvalue weighted by molar-refractivity contribution is 6.08. The lowest BCUT2D eigenvalue weighted by atomic mass is 9.96. The molecule has 1 unspecified atom stereocenters. The topological polar surface area (TPSA) is 150 Å². The third-order valence-corrected chi connectivity index (χ3v) is 7.15. The molecule has 4 N–H and O–H groups in total. The number of hydrogen-bond acceptors (Lipinski definition) is 8. The van der Waals surface area contributed by atoms with Crippen molar-refractivity contribution in [3.8, 4) is 11.3 Å². The second-order valence-electron chi connectivity index (χ2n) is 9.42. The highest BCUT2D eigenvalue weighted by Crippen LogP contribution is 2.32. The SMILES string of the molecule is CCCC1C(C(=O)Nc2ccc3[nH]nc(-c4ccnc(N5CCOCC5)c4)c3c2)=C(C)N(C)C(=N)N1N=N. The van der Waals surface area contributed by atoms with Crippen LogP contribution < -0.4 is 10.2 Å². The van der Waals surface area contributed by atoms with E-state index >= 15 is 0 Å². The first-order valence-corrected chi connectivity index (χ1v) is 12.7. The zero-order chi connectivity index (χ0) is 26.8. The van der Waals surface area contributed by atoms with Gasteiger partial charge in [-0.25, -0.2) is 9.99 Å². The van der Waals surface area contributed by atoms with Gasteiger partial charge in [-0.3, -0.25) is 15.3 Å². The molecule has 0 aliphatic carbocycles.